The molecule has 2 N–H and O–H groups in total. The zero-order chi connectivity index (χ0) is 16.7. The first-order valence-corrected chi connectivity index (χ1v) is 8.77. The minimum Gasteiger partial charge on any atom is -0.396 e. The van der Waals surface area contributed by atoms with Crippen LogP contribution in [0.4, 0.5) is 0 Å². The van der Waals surface area contributed by atoms with Crippen LogP contribution in [0.1, 0.15) is 50.6 Å². The van der Waals surface area contributed by atoms with Gasteiger partial charge in [0.2, 0.25) is 5.91 Å². The van der Waals surface area contributed by atoms with Crippen LogP contribution >= 0.6 is 0 Å². The minimum absolute atomic E-state index is 0.0655. The van der Waals surface area contributed by atoms with Crippen molar-refractivity contribution < 1.29 is 9.90 Å². The van der Waals surface area contributed by atoms with Crippen LogP contribution in [0, 0.1) is 5.92 Å². The van der Waals surface area contributed by atoms with Crippen LogP contribution in [0.15, 0.2) is 30.3 Å². The fourth-order valence-electron chi connectivity index (χ4n) is 3.56. The van der Waals surface area contributed by atoms with Gasteiger partial charge < -0.3 is 10.4 Å². The van der Waals surface area contributed by atoms with E-state index in [0.717, 1.165) is 12.0 Å². The van der Waals surface area contributed by atoms with Crippen molar-refractivity contribution in [1.29, 1.82) is 0 Å². The van der Waals surface area contributed by atoms with Crippen LogP contribution in [-0.2, 0) is 4.79 Å². The number of hydrogen-bond donors (Lipinski definition) is 2. The average molecular weight is 318 g/mol. The van der Waals surface area contributed by atoms with Gasteiger partial charge in [-0.3, -0.25) is 9.69 Å². The van der Waals surface area contributed by atoms with E-state index in [1.54, 1.807) is 0 Å². The Kier molecular flexibility index (Phi) is 7.06. The molecule has 0 saturated heterocycles. The summed E-state index contributed by atoms with van der Waals surface area (Å²) in [5, 5.41) is 12.6. The largest absolute Gasteiger partial charge is 0.396 e. The van der Waals surface area contributed by atoms with E-state index in [1.165, 1.54) is 19.3 Å². The number of amides is 1. The number of carbonyl (C=O) groups is 1. The van der Waals surface area contributed by atoms with Crippen molar-refractivity contribution in [2.75, 3.05) is 20.2 Å². The smallest absolute Gasteiger partial charge is 0.234 e. The molecule has 1 saturated carbocycles. The van der Waals surface area contributed by atoms with Gasteiger partial charge in [0.15, 0.2) is 0 Å². The molecule has 3 unspecified atom stereocenters. The number of nitrogens with one attached hydrogen (secondary N) is 1. The molecule has 0 aromatic heterocycles. The second-order valence-electron chi connectivity index (χ2n) is 6.79. The van der Waals surface area contributed by atoms with E-state index in [4.69, 9.17) is 0 Å². The second kappa shape index (κ2) is 9.04. The summed E-state index contributed by atoms with van der Waals surface area (Å²) in [6, 6.07) is 10.5. The van der Waals surface area contributed by atoms with Crippen molar-refractivity contribution in [3.8, 4) is 0 Å². The van der Waals surface area contributed by atoms with Crippen molar-refractivity contribution in [1.82, 2.24) is 10.2 Å². The predicted octanol–water partition coefficient (Wildman–Crippen LogP) is 2.74. The Morgan fingerprint density at radius 1 is 1.30 bits per heavy atom. The molecule has 4 nitrogen and oxygen atoms in total. The molecule has 0 radical (unpaired) electrons. The highest BCUT2D eigenvalue weighted by Gasteiger charge is 2.24. The first-order valence-electron chi connectivity index (χ1n) is 8.77. The predicted molar refractivity (Wildman–Crippen MR) is 93.1 cm³/mol. The van der Waals surface area contributed by atoms with Crippen LogP contribution in [0.3, 0.4) is 0 Å². The third-order valence-corrected chi connectivity index (χ3v) is 4.97. The molecule has 1 aliphatic rings. The van der Waals surface area contributed by atoms with E-state index < -0.39 is 0 Å². The Morgan fingerprint density at radius 3 is 2.65 bits per heavy atom. The van der Waals surface area contributed by atoms with Gasteiger partial charge in [-0.05, 0) is 37.8 Å². The Hall–Kier alpha value is -1.39. The highest BCUT2D eigenvalue weighted by atomic mass is 16.3. The highest BCUT2D eigenvalue weighted by molar-refractivity contribution is 5.78. The van der Waals surface area contributed by atoms with Gasteiger partial charge in [-0.15, -0.1) is 0 Å². The Labute approximate surface area is 139 Å². The van der Waals surface area contributed by atoms with Crippen LogP contribution in [0.5, 0.6) is 0 Å². The third-order valence-electron chi connectivity index (χ3n) is 4.97. The SMILES string of the molecule is CC1CCCCC1NC(=O)CN(C)C(CCO)c1ccccc1. The van der Waals surface area contributed by atoms with Crippen LogP contribution < -0.4 is 5.32 Å². The van der Waals surface area contributed by atoms with Crippen LogP contribution in [0.25, 0.3) is 0 Å². The highest BCUT2D eigenvalue weighted by Crippen LogP contribution is 2.24. The van der Waals surface area contributed by atoms with Gasteiger partial charge in [0, 0.05) is 18.7 Å². The fraction of sp³-hybridized carbons (Fsp3) is 0.632. The lowest BCUT2D eigenvalue weighted by Crippen LogP contribution is -2.45. The summed E-state index contributed by atoms with van der Waals surface area (Å²) in [7, 11) is 1.96. The Bertz CT molecular complexity index is 478. The lowest BCUT2D eigenvalue weighted by molar-refractivity contribution is -0.123. The van der Waals surface area contributed by atoms with Gasteiger partial charge in [0.25, 0.3) is 0 Å². The zero-order valence-corrected chi connectivity index (χ0v) is 14.4. The van der Waals surface area contributed by atoms with E-state index in [-0.39, 0.29) is 18.6 Å². The van der Waals surface area contributed by atoms with Crippen molar-refractivity contribution in [3.63, 3.8) is 0 Å². The summed E-state index contributed by atoms with van der Waals surface area (Å²) in [6.07, 6.45) is 5.42. The first-order chi connectivity index (χ1) is 11.1. The molecule has 1 fully saturated rings. The number of aliphatic hydroxyl groups excluding tert-OH is 1. The molecule has 0 bridgehead atoms. The lowest BCUT2D eigenvalue weighted by Gasteiger charge is -2.32. The summed E-state index contributed by atoms with van der Waals surface area (Å²) in [5.41, 5.74) is 1.14. The Balaban J connectivity index is 1.92. The number of hydrogen-bond acceptors (Lipinski definition) is 3. The molecule has 1 aromatic carbocycles. The van der Waals surface area contributed by atoms with Gasteiger partial charge in [0.1, 0.15) is 0 Å². The molecule has 1 aliphatic carbocycles. The number of rotatable bonds is 7. The lowest BCUT2D eigenvalue weighted by atomic mass is 9.86. The van der Waals surface area contributed by atoms with E-state index in [9.17, 15) is 9.90 Å². The molecule has 2 rings (SSSR count). The van der Waals surface area contributed by atoms with Crippen molar-refractivity contribution >= 4 is 5.91 Å². The standard InChI is InChI=1S/C19H30N2O2/c1-15-8-6-7-11-17(15)20-19(23)14-21(2)18(12-13-22)16-9-4-3-5-10-16/h3-5,9-10,15,17-18,22H,6-8,11-14H2,1-2H3,(H,20,23). The van der Waals surface area contributed by atoms with Gasteiger partial charge in [-0.25, -0.2) is 0 Å². The molecule has 1 aromatic rings. The van der Waals surface area contributed by atoms with E-state index in [1.807, 2.05) is 30.1 Å². The molecule has 0 aliphatic heterocycles. The summed E-state index contributed by atoms with van der Waals surface area (Å²) in [4.78, 5) is 14.4. The van der Waals surface area contributed by atoms with E-state index in [0.29, 0.717) is 24.9 Å². The molecule has 0 spiro atoms. The average Bonchev–Trinajstić information content (AvgIpc) is 2.55. The van der Waals surface area contributed by atoms with E-state index >= 15 is 0 Å². The maximum atomic E-state index is 12.4. The van der Waals surface area contributed by atoms with Crippen LogP contribution in [-0.4, -0.2) is 42.2 Å². The summed E-state index contributed by atoms with van der Waals surface area (Å²) in [5.74, 6) is 0.658. The quantitative estimate of drug-likeness (QED) is 0.813. The number of likely N-dealkylation sites (N-methyl/N-ethyl adjacent to an activating group) is 1. The molecule has 3 atom stereocenters. The zero-order valence-electron chi connectivity index (χ0n) is 14.4. The van der Waals surface area contributed by atoms with Gasteiger partial charge >= 0.3 is 0 Å². The second-order valence-corrected chi connectivity index (χ2v) is 6.79. The Morgan fingerprint density at radius 2 is 2.00 bits per heavy atom. The molecule has 0 heterocycles. The molecular formula is C19H30N2O2. The van der Waals surface area contributed by atoms with E-state index in [2.05, 4.69) is 24.4 Å². The van der Waals surface area contributed by atoms with Crippen LogP contribution in [0.2, 0.25) is 0 Å². The van der Waals surface area contributed by atoms with Crippen molar-refractivity contribution in [2.24, 2.45) is 5.92 Å². The summed E-state index contributed by atoms with van der Waals surface area (Å²) < 4.78 is 0. The van der Waals surface area contributed by atoms with Gasteiger partial charge in [0.05, 0.1) is 6.54 Å². The minimum atomic E-state index is 0.0655. The monoisotopic (exact) mass is 318 g/mol. The van der Waals surface area contributed by atoms with Gasteiger partial charge in [-0.1, -0.05) is 50.1 Å². The molecule has 4 heteroatoms. The maximum Gasteiger partial charge on any atom is 0.234 e. The first kappa shape index (κ1) is 18.0. The molecule has 1 amide bonds. The number of nitrogens with zero attached hydrogens (tertiary/aromatic N) is 1. The van der Waals surface area contributed by atoms with Crippen molar-refractivity contribution in [3.05, 3.63) is 35.9 Å². The normalized spacial score (nSPS) is 22.8. The topological polar surface area (TPSA) is 52.6 Å². The summed E-state index contributed by atoms with van der Waals surface area (Å²) in [6.45, 7) is 2.71. The third kappa shape index (κ3) is 5.33. The number of carbonyl (C=O) groups excluding carboxylic acids is 1. The summed E-state index contributed by atoms with van der Waals surface area (Å²) >= 11 is 0. The fourth-order valence-corrected chi connectivity index (χ4v) is 3.56. The maximum absolute atomic E-state index is 12.4. The number of benzene rings is 1. The molecule has 23 heavy (non-hydrogen) atoms. The molecular weight excluding hydrogens is 288 g/mol. The van der Waals surface area contributed by atoms with Gasteiger partial charge in [-0.2, -0.15) is 0 Å². The number of aliphatic hydroxyl groups is 1. The van der Waals surface area contributed by atoms with Crippen molar-refractivity contribution in [2.45, 2.75) is 51.1 Å². The molecule has 128 valence electrons.